The number of aromatic amines is 1. The minimum atomic E-state index is -0.653. The summed E-state index contributed by atoms with van der Waals surface area (Å²) in [4.78, 5) is 41.2. The van der Waals surface area contributed by atoms with E-state index >= 15 is 0 Å². The summed E-state index contributed by atoms with van der Waals surface area (Å²) < 4.78 is 1.31. The summed E-state index contributed by atoms with van der Waals surface area (Å²) >= 11 is 0. The Kier molecular flexibility index (Phi) is 7.37. The van der Waals surface area contributed by atoms with Crippen molar-refractivity contribution in [2.45, 2.75) is 40.2 Å². The summed E-state index contributed by atoms with van der Waals surface area (Å²) in [5.74, 6) is -0.194. The number of nitrogens with two attached hydrogens (primary N) is 1. The molecule has 28 heavy (non-hydrogen) atoms. The third kappa shape index (κ3) is 5.22. The first kappa shape index (κ1) is 21.2. The summed E-state index contributed by atoms with van der Waals surface area (Å²) in [7, 11) is 0. The highest BCUT2D eigenvalue weighted by molar-refractivity contribution is 6.05. The molecule has 0 aliphatic carbocycles. The van der Waals surface area contributed by atoms with Gasteiger partial charge in [-0.05, 0) is 24.0 Å². The van der Waals surface area contributed by atoms with E-state index in [9.17, 15) is 14.4 Å². The Labute approximate surface area is 164 Å². The second kappa shape index (κ2) is 9.73. The van der Waals surface area contributed by atoms with Gasteiger partial charge in [0.05, 0.1) is 0 Å². The molecule has 3 N–H and O–H groups in total. The molecule has 7 heteroatoms. The van der Waals surface area contributed by atoms with E-state index in [0.29, 0.717) is 19.5 Å². The number of carbonyl (C=O) groups excluding carboxylic acids is 1. The van der Waals surface area contributed by atoms with Crippen molar-refractivity contribution in [3.05, 3.63) is 62.8 Å². The SMILES string of the molecule is CCCCN(C(=O)/C=C\c1ccccc1)c1c(N)n(CC(C)C)c(=O)[nH]c1=O. The van der Waals surface area contributed by atoms with E-state index in [1.807, 2.05) is 51.1 Å². The number of amides is 1. The predicted molar refractivity (Wildman–Crippen MR) is 113 cm³/mol. The van der Waals surface area contributed by atoms with Gasteiger partial charge in [0.1, 0.15) is 5.82 Å². The van der Waals surface area contributed by atoms with Crippen molar-refractivity contribution in [2.24, 2.45) is 5.92 Å². The second-order valence-corrected chi connectivity index (χ2v) is 7.09. The van der Waals surface area contributed by atoms with E-state index in [2.05, 4.69) is 4.98 Å². The zero-order chi connectivity index (χ0) is 20.7. The van der Waals surface area contributed by atoms with Crippen LogP contribution in [0.1, 0.15) is 39.2 Å². The fourth-order valence-electron chi connectivity index (χ4n) is 2.85. The summed E-state index contributed by atoms with van der Waals surface area (Å²) in [5.41, 5.74) is 5.85. The second-order valence-electron chi connectivity index (χ2n) is 7.09. The number of rotatable bonds is 8. The molecule has 2 aromatic rings. The Hall–Kier alpha value is -3.09. The van der Waals surface area contributed by atoms with Crippen LogP contribution in [0.2, 0.25) is 0 Å². The van der Waals surface area contributed by atoms with Gasteiger partial charge in [-0.2, -0.15) is 0 Å². The molecule has 0 saturated heterocycles. The molecule has 1 aromatic heterocycles. The number of nitrogens with zero attached hydrogens (tertiary/aromatic N) is 2. The first-order valence-corrected chi connectivity index (χ1v) is 9.52. The molecule has 7 nitrogen and oxygen atoms in total. The maximum absolute atomic E-state index is 12.9. The van der Waals surface area contributed by atoms with Gasteiger partial charge in [0.25, 0.3) is 11.5 Å². The minimum Gasteiger partial charge on any atom is -0.383 e. The first-order chi connectivity index (χ1) is 13.3. The van der Waals surface area contributed by atoms with Gasteiger partial charge >= 0.3 is 5.69 Å². The Bertz CT molecular complexity index is 942. The van der Waals surface area contributed by atoms with Crippen LogP contribution in [0, 0.1) is 5.92 Å². The average molecular weight is 384 g/mol. The first-order valence-electron chi connectivity index (χ1n) is 9.52. The molecule has 0 bridgehead atoms. The Morgan fingerprint density at radius 3 is 2.54 bits per heavy atom. The number of anilines is 2. The molecule has 0 spiro atoms. The lowest BCUT2D eigenvalue weighted by molar-refractivity contribution is -0.114. The van der Waals surface area contributed by atoms with Crippen LogP contribution in [0.15, 0.2) is 46.0 Å². The zero-order valence-corrected chi connectivity index (χ0v) is 16.6. The van der Waals surface area contributed by atoms with E-state index in [1.54, 1.807) is 6.08 Å². The molecule has 0 aliphatic rings. The Morgan fingerprint density at radius 2 is 1.93 bits per heavy atom. The van der Waals surface area contributed by atoms with Crippen LogP contribution in [0.25, 0.3) is 6.08 Å². The van der Waals surface area contributed by atoms with Crippen LogP contribution in [0.3, 0.4) is 0 Å². The lowest BCUT2D eigenvalue weighted by Gasteiger charge is -2.23. The van der Waals surface area contributed by atoms with Crippen LogP contribution < -0.4 is 21.9 Å². The molecule has 150 valence electrons. The van der Waals surface area contributed by atoms with Gasteiger partial charge in [0.15, 0.2) is 5.69 Å². The molecule has 0 aliphatic heterocycles. The number of unbranched alkanes of at least 4 members (excludes halogenated alkanes) is 1. The van der Waals surface area contributed by atoms with Gasteiger partial charge < -0.3 is 10.6 Å². The summed E-state index contributed by atoms with van der Waals surface area (Å²) in [5, 5.41) is 0. The standard InChI is InChI=1S/C21H28N4O3/c1-4-5-13-24(17(26)12-11-16-9-7-6-8-10-16)18-19(22)25(14-15(2)3)21(28)23-20(18)27/h6-12,15H,4-5,13-14,22H2,1-3H3,(H,23,27,28)/b12-11-. The summed E-state index contributed by atoms with van der Waals surface area (Å²) in [6.45, 7) is 6.57. The molecule has 0 radical (unpaired) electrons. The highest BCUT2D eigenvalue weighted by Crippen LogP contribution is 2.19. The molecule has 0 saturated carbocycles. The van der Waals surface area contributed by atoms with E-state index in [0.717, 1.165) is 12.0 Å². The molecule has 0 atom stereocenters. The van der Waals surface area contributed by atoms with Crippen LogP contribution in [0.4, 0.5) is 11.5 Å². The topological polar surface area (TPSA) is 101 Å². The number of benzene rings is 1. The molecule has 0 fully saturated rings. The lowest BCUT2D eigenvalue weighted by atomic mass is 10.2. The van der Waals surface area contributed by atoms with Gasteiger partial charge in [-0.25, -0.2) is 4.79 Å². The number of hydrogen-bond donors (Lipinski definition) is 2. The predicted octanol–water partition coefficient (Wildman–Crippen LogP) is 2.62. The number of carbonyl (C=O) groups is 1. The van der Waals surface area contributed by atoms with Crippen molar-refractivity contribution in [3.63, 3.8) is 0 Å². The number of H-pyrrole nitrogens is 1. The average Bonchev–Trinajstić information content (AvgIpc) is 2.66. The van der Waals surface area contributed by atoms with Crippen molar-refractivity contribution < 1.29 is 4.79 Å². The van der Waals surface area contributed by atoms with Gasteiger partial charge in [0.2, 0.25) is 0 Å². The molecule has 1 aromatic carbocycles. The van der Waals surface area contributed by atoms with Gasteiger partial charge in [-0.3, -0.25) is 19.1 Å². The van der Waals surface area contributed by atoms with Gasteiger partial charge in [-0.15, -0.1) is 0 Å². The molecule has 1 heterocycles. The van der Waals surface area contributed by atoms with E-state index in [4.69, 9.17) is 5.73 Å². The van der Waals surface area contributed by atoms with E-state index < -0.39 is 11.2 Å². The van der Waals surface area contributed by atoms with E-state index in [1.165, 1.54) is 15.5 Å². The molecule has 2 rings (SSSR count). The highest BCUT2D eigenvalue weighted by Gasteiger charge is 2.22. The molecule has 0 unspecified atom stereocenters. The third-order valence-corrected chi connectivity index (χ3v) is 4.25. The maximum Gasteiger partial charge on any atom is 0.330 e. The Morgan fingerprint density at radius 1 is 1.25 bits per heavy atom. The van der Waals surface area contributed by atoms with Crippen molar-refractivity contribution in [1.82, 2.24) is 9.55 Å². The van der Waals surface area contributed by atoms with Gasteiger partial charge in [0, 0.05) is 19.2 Å². The summed E-state index contributed by atoms with van der Waals surface area (Å²) in [6.07, 6.45) is 4.65. The van der Waals surface area contributed by atoms with Crippen LogP contribution in [-0.2, 0) is 11.3 Å². The number of nitrogens with one attached hydrogen (secondary N) is 1. The number of nitrogen functional groups attached to an aromatic ring is 1. The Balaban J connectivity index is 2.47. The van der Waals surface area contributed by atoms with E-state index in [-0.39, 0.29) is 23.3 Å². The van der Waals surface area contributed by atoms with Crippen molar-refractivity contribution in [1.29, 1.82) is 0 Å². The fourth-order valence-corrected chi connectivity index (χ4v) is 2.85. The zero-order valence-electron chi connectivity index (χ0n) is 16.6. The largest absolute Gasteiger partial charge is 0.383 e. The third-order valence-electron chi connectivity index (χ3n) is 4.25. The number of hydrogen-bond acceptors (Lipinski definition) is 4. The van der Waals surface area contributed by atoms with Crippen LogP contribution >= 0.6 is 0 Å². The highest BCUT2D eigenvalue weighted by atomic mass is 16.2. The van der Waals surface area contributed by atoms with Crippen LogP contribution in [0.5, 0.6) is 0 Å². The van der Waals surface area contributed by atoms with Gasteiger partial charge in [-0.1, -0.05) is 57.5 Å². The fraction of sp³-hybridized carbons (Fsp3) is 0.381. The van der Waals surface area contributed by atoms with Crippen molar-refractivity contribution in [2.75, 3.05) is 17.2 Å². The van der Waals surface area contributed by atoms with Crippen molar-refractivity contribution in [3.8, 4) is 0 Å². The maximum atomic E-state index is 12.9. The van der Waals surface area contributed by atoms with Crippen LogP contribution in [-0.4, -0.2) is 22.0 Å². The smallest absolute Gasteiger partial charge is 0.330 e. The lowest BCUT2D eigenvalue weighted by Crippen LogP contribution is -2.41. The summed E-state index contributed by atoms with van der Waals surface area (Å²) in [6, 6.07) is 9.41. The molecular weight excluding hydrogens is 356 g/mol. The normalized spacial score (nSPS) is 11.3. The monoisotopic (exact) mass is 384 g/mol. The minimum absolute atomic E-state index is 0.0139. The number of aromatic nitrogens is 2. The quantitative estimate of drug-likeness (QED) is 0.683. The molecule has 1 amide bonds. The molecular formula is C21H28N4O3. The van der Waals surface area contributed by atoms with Crippen molar-refractivity contribution >= 4 is 23.5 Å².